The van der Waals surface area contributed by atoms with Gasteiger partial charge in [-0.05, 0) is 43.3 Å². The summed E-state index contributed by atoms with van der Waals surface area (Å²) in [5, 5.41) is 11.4. The number of hydrogen-bond acceptors (Lipinski definition) is 3. The molecule has 2 aromatic carbocycles. The van der Waals surface area contributed by atoms with Gasteiger partial charge in [-0.2, -0.15) is 18.4 Å². The molecule has 0 bridgehead atoms. The van der Waals surface area contributed by atoms with Crippen molar-refractivity contribution in [3.8, 4) is 11.8 Å². The smallest absolute Gasteiger partial charge is 0.416 e. The van der Waals surface area contributed by atoms with Crippen molar-refractivity contribution in [3.63, 3.8) is 0 Å². The summed E-state index contributed by atoms with van der Waals surface area (Å²) < 4.78 is 42.9. The molecule has 0 aliphatic heterocycles. The van der Waals surface area contributed by atoms with Gasteiger partial charge in [0.15, 0.2) is 6.10 Å². The fraction of sp³-hybridized carbons (Fsp3) is 0.176. The van der Waals surface area contributed by atoms with Crippen LogP contribution in [0, 0.1) is 11.3 Å². The van der Waals surface area contributed by atoms with E-state index in [1.807, 2.05) is 6.07 Å². The number of carbonyl (C=O) groups is 1. The van der Waals surface area contributed by atoms with E-state index in [4.69, 9.17) is 10.00 Å². The van der Waals surface area contributed by atoms with Crippen molar-refractivity contribution >= 4 is 11.6 Å². The van der Waals surface area contributed by atoms with Gasteiger partial charge in [0.25, 0.3) is 5.91 Å². The summed E-state index contributed by atoms with van der Waals surface area (Å²) in [5.41, 5.74) is -0.295. The van der Waals surface area contributed by atoms with E-state index >= 15 is 0 Å². The number of benzene rings is 2. The molecule has 0 spiro atoms. The fourth-order valence-electron chi connectivity index (χ4n) is 1.89. The lowest BCUT2D eigenvalue weighted by Gasteiger charge is -2.16. The molecule has 2 rings (SSSR count). The zero-order valence-corrected chi connectivity index (χ0v) is 12.6. The lowest BCUT2D eigenvalue weighted by molar-refractivity contribution is -0.137. The summed E-state index contributed by atoms with van der Waals surface area (Å²) in [5.74, 6) is -0.280. The van der Waals surface area contributed by atoms with Gasteiger partial charge in [-0.25, -0.2) is 0 Å². The lowest BCUT2D eigenvalue weighted by Crippen LogP contribution is -2.30. The minimum Gasteiger partial charge on any atom is -0.480 e. The predicted molar refractivity (Wildman–Crippen MR) is 81.3 cm³/mol. The van der Waals surface area contributed by atoms with Gasteiger partial charge in [-0.1, -0.05) is 12.1 Å². The van der Waals surface area contributed by atoms with Crippen molar-refractivity contribution in [2.24, 2.45) is 0 Å². The van der Waals surface area contributed by atoms with Crippen LogP contribution in [0.1, 0.15) is 18.1 Å². The molecule has 0 aliphatic rings. The Morgan fingerprint density at radius 3 is 2.38 bits per heavy atom. The minimum absolute atomic E-state index is 0.219. The van der Waals surface area contributed by atoms with Crippen molar-refractivity contribution < 1.29 is 22.7 Å². The molecule has 4 nitrogen and oxygen atoms in total. The lowest BCUT2D eigenvalue weighted by atomic mass is 10.2. The van der Waals surface area contributed by atoms with Crippen LogP contribution in [-0.4, -0.2) is 12.0 Å². The number of carbonyl (C=O) groups excluding carboxylic acids is 1. The van der Waals surface area contributed by atoms with Crippen LogP contribution in [0.2, 0.25) is 0 Å². The summed E-state index contributed by atoms with van der Waals surface area (Å²) in [6.07, 6.45) is -5.36. The standard InChI is InChI=1S/C17H13F3N2O2/c1-11(24-15-5-3-2-4-12(15)10-21)16(23)22-14-8-6-13(7-9-14)17(18,19)20/h2-9,11H,1H3,(H,22,23)/t11-/m0/s1. The third-order valence-electron chi connectivity index (χ3n) is 3.16. The topological polar surface area (TPSA) is 62.1 Å². The molecule has 124 valence electrons. The quantitative estimate of drug-likeness (QED) is 0.920. The maximum atomic E-state index is 12.5. The number of para-hydroxylation sites is 1. The van der Waals surface area contributed by atoms with E-state index in [0.717, 1.165) is 24.3 Å². The molecule has 0 saturated carbocycles. The highest BCUT2D eigenvalue weighted by atomic mass is 19.4. The van der Waals surface area contributed by atoms with Crippen molar-refractivity contribution in [1.29, 1.82) is 5.26 Å². The second-order valence-electron chi connectivity index (χ2n) is 4.93. The van der Waals surface area contributed by atoms with Crippen LogP contribution in [-0.2, 0) is 11.0 Å². The van der Waals surface area contributed by atoms with E-state index in [2.05, 4.69) is 5.32 Å². The molecule has 0 fully saturated rings. The number of amides is 1. The number of halogens is 3. The van der Waals surface area contributed by atoms with Crippen molar-refractivity contribution in [1.82, 2.24) is 0 Å². The van der Waals surface area contributed by atoms with Crippen LogP contribution in [0.5, 0.6) is 5.75 Å². The molecule has 7 heteroatoms. The zero-order chi connectivity index (χ0) is 17.7. The minimum atomic E-state index is -4.43. The molecule has 0 unspecified atom stereocenters. The Morgan fingerprint density at radius 2 is 1.79 bits per heavy atom. The van der Waals surface area contributed by atoms with Crippen LogP contribution in [0.25, 0.3) is 0 Å². The van der Waals surface area contributed by atoms with Gasteiger partial charge in [0.1, 0.15) is 11.8 Å². The normalized spacial score (nSPS) is 12.1. The number of alkyl halides is 3. The molecule has 24 heavy (non-hydrogen) atoms. The van der Waals surface area contributed by atoms with E-state index in [-0.39, 0.29) is 17.0 Å². The summed E-state index contributed by atoms with van der Waals surface area (Å²) in [4.78, 5) is 12.1. The van der Waals surface area contributed by atoms with Gasteiger partial charge in [0.05, 0.1) is 11.1 Å². The highest BCUT2D eigenvalue weighted by molar-refractivity contribution is 5.94. The van der Waals surface area contributed by atoms with Crippen molar-refractivity contribution in [2.75, 3.05) is 5.32 Å². The van der Waals surface area contributed by atoms with Gasteiger partial charge < -0.3 is 10.1 Å². The predicted octanol–water partition coefficient (Wildman–Crippen LogP) is 3.98. The van der Waals surface area contributed by atoms with Crippen LogP contribution in [0.3, 0.4) is 0 Å². The van der Waals surface area contributed by atoms with E-state index in [0.29, 0.717) is 0 Å². The summed E-state index contributed by atoms with van der Waals surface area (Å²) in [6, 6.07) is 12.5. The number of nitrogens with zero attached hydrogens (tertiary/aromatic N) is 1. The highest BCUT2D eigenvalue weighted by Gasteiger charge is 2.30. The van der Waals surface area contributed by atoms with Crippen LogP contribution in [0.4, 0.5) is 18.9 Å². The Kier molecular flexibility index (Phi) is 5.09. The van der Waals surface area contributed by atoms with E-state index in [9.17, 15) is 18.0 Å². The molecular weight excluding hydrogens is 321 g/mol. The average Bonchev–Trinajstić information content (AvgIpc) is 2.55. The zero-order valence-electron chi connectivity index (χ0n) is 12.6. The molecule has 0 aliphatic carbocycles. The Hall–Kier alpha value is -3.01. The maximum Gasteiger partial charge on any atom is 0.416 e. The van der Waals surface area contributed by atoms with Gasteiger partial charge in [-0.3, -0.25) is 4.79 Å². The molecule has 1 atom stereocenters. The fourth-order valence-corrected chi connectivity index (χ4v) is 1.89. The van der Waals surface area contributed by atoms with Gasteiger partial charge in [0.2, 0.25) is 0 Å². The van der Waals surface area contributed by atoms with Gasteiger partial charge in [0, 0.05) is 5.69 Å². The number of rotatable bonds is 4. The molecule has 0 aromatic heterocycles. The third kappa shape index (κ3) is 4.26. The Morgan fingerprint density at radius 1 is 1.17 bits per heavy atom. The first-order valence-corrected chi connectivity index (χ1v) is 6.95. The molecule has 0 radical (unpaired) electrons. The molecule has 2 aromatic rings. The second kappa shape index (κ2) is 7.04. The number of nitrogens with one attached hydrogen (secondary N) is 1. The largest absolute Gasteiger partial charge is 0.480 e. The molecular formula is C17H13F3N2O2. The maximum absolute atomic E-state index is 12.5. The Bertz CT molecular complexity index is 765. The number of ether oxygens (including phenoxy) is 1. The Balaban J connectivity index is 2.03. The van der Waals surface area contributed by atoms with E-state index in [1.54, 1.807) is 24.3 Å². The van der Waals surface area contributed by atoms with Gasteiger partial charge in [-0.15, -0.1) is 0 Å². The third-order valence-corrected chi connectivity index (χ3v) is 3.16. The summed E-state index contributed by atoms with van der Waals surface area (Å²) in [6.45, 7) is 1.48. The van der Waals surface area contributed by atoms with Crippen LogP contribution < -0.4 is 10.1 Å². The first kappa shape index (κ1) is 17.3. The van der Waals surface area contributed by atoms with Crippen molar-refractivity contribution in [2.45, 2.75) is 19.2 Å². The van der Waals surface area contributed by atoms with Gasteiger partial charge >= 0.3 is 6.18 Å². The first-order valence-electron chi connectivity index (χ1n) is 6.95. The van der Waals surface area contributed by atoms with E-state index < -0.39 is 23.8 Å². The monoisotopic (exact) mass is 334 g/mol. The summed E-state index contributed by atoms with van der Waals surface area (Å²) in [7, 11) is 0. The molecule has 1 N–H and O–H groups in total. The second-order valence-corrected chi connectivity index (χ2v) is 4.93. The Labute approximate surface area is 136 Å². The summed E-state index contributed by atoms with van der Waals surface area (Å²) >= 11 is 0. The molecule has 0 saturated heterocycles. The molecule has 1 amide bonds. The van der Waals surface area contributed by atoms with Crippen LogP contribution >= 0.6 is 0 Å². The number of nitriles is 1. The molecule has 0 heterocycles. The number of hydrogen-bond donors (Lipinski definition) is 1. The SMILES string of the molecule is C[C@H](Oc1ccccc1C#N)C(=O)Nc1ccc(C(F)(F)F)cc1. The first-order chi connectivity index (χ1) is 11.3. The van der Waals surface area contributed by atoms with E-state index in [1.165, 1.54) is 6.92 Å². The highest BCUT2D eigenvalue weighted by Crippen LogP contribution is 2.29. The average molecular weight is 334 g/mol. The van der Waals surface area contributed by atoms with Crippen molar-refractivity contribution in [3.05, 3.63) is 59.7 Å². The number of anilines is 1. The van der Waals surface area contributed by atoms with Crippen LogP contribution in [0.15, 0.2) is 48.5 Å².